The summed E-state index contributed by atoms with van der Waals surface area (Å²) in [5.41, 5.74) is -1.17. The van der Waals surface area contributed by atoms with E-state index in [9.17, 15) is 48.0 Å². The monoisotopic (exact) mass is 523 g/mol. The van der Waals surface area contributed by atoms with Crippen LogP contribution in [0, 0.1) is 11.3 Å². The van der Waals surface area contributed by atoms with Crippen molar-refractivity contribution >= 4 is 26.1 Å². The van der Waals surface area contributed by atoms with Gasteiger partial charge < -0.3 is 9.84 Å². The van der Waals surface area contributed by atoms with Crippen molar-refractivity contribution in [2.75, 3.05) is 26.3 Å². The Morgan fingerprint density at radius 2 is 1.47 bits per heavy atom. The lowest BCUT2D eigenvalue weighted by Gasteiger charge is -2.36. The fraction of sp³-hybridized carbons (Fsp3) is 0.933. The van der Waals surface area contributed by atoms with Crippen molar-refractivity contribution in [2.45, 2.75) is 49.5 Å². The minimum atomic E-state index is -7.08. The van der Waals surface area contributed by atoms with Crippen LogP contribution in [0.1, 0.15) is 33.1 Å². The minimum absolute atomic E-state index is 0.147. The summed E-state index contributed by atoms with van der Waals surface area (Å²) in [5, 5.41) is -4.27. The molecule has 0 amide bonds. The van der Waals surface area contributed by atoms with Gasteiger partial charge in [-0.1, -0.05) is 0 Å². The van der Waals surface area contributed by atoms with Crippen molar-refractivity contribution in [1.29, 1.82) is 0 Å². The highest BCUT2D eigenvalue weighted by atomic mass is 32.2. The number of aliphatic hydroxyl groups excluding tert-OH is 1. The zero-order valence-corrected chi connectivity index (χ0v) is 18.5. The van der Waals surface area contributed by atoms with Crippen molar-refractivity contribution in [3.8, 4) is 0 Å². The van der Waals surface area contributed by atoms with Crippen LogP contribution in [0.25, 0.3) is 0 Å². The predicted molar refractivity (Wildman–Crippen MR) is 96.0 cm³/mol. The summed E-state index contributed by atoms with van der Waals surface area (Å²) in [4.78, 5) is 11.7. The lowest BCUT2D eigenvalue weighted by molar-refractivity contribution is -0.247. The molecule has 0 unspecified atom stereocenters. The molecule has 1 fully saturated rings. The maximum absolute atomic E-state index is 14.0. The molecule has 9 nitrogen and oxygen atoms in total. The van der Waals surface area contributed by atoms with Crippen LogP contribution in [0.15, 0.2) is 0 Å². The van der Waals surface area contributed by atoms with Crippen molar-refractivity contribution in [3.05, 3.63) is 0 Å². The first kappa shape index (κ1) is 28.9. The number of sulfonamides is 1. The van der Waals surface area contributed by atoms with E-state index in [1.807, 2.05) is 0 Å². The summed E-state index contributed by atoms with van der Waals surface area (Å²) in [5.74, 6) is -8.08. The van der Waals surface area contributed by atoms with E-state index in [0.29, 0.717) is 0 Å². The third-order valence-electron chi connectivity index (χ3n) is 5.00. The fourth-order valence-electron chi connectivity index (χ4n) is 2.67. The van der Waals surface area contributed by atoms with Crippen LogP contribution in [0.2, 0.25) is 0 Å². The molecular weight excluding hydrogens is 500 g/mol. The largest absolute Gasteiger partial charge is 0.465 e. The van der Waals surface area contributed by atoms with Crippen molar-refractivity contribution < 1.29 is 62.4 Å². The molecular formula is C15H23F6NO8S2. The molecule has 1 aliphatic heterocycles. The average molecular weight is 523 g/mol. The van der Waals surface area contributed by atoms with Gasteiger partial charge in [-0.15, -0.1) is 0 Å². The molecule has 0 aromatic rings. The molecule has 1 rings (SSSR count). The number of ether oxygens (including phenoxy) is 1. The topological polar surface area (TPSA) is 138 Å². The van der Waals surface area contributed by atoms with Gasteiger partial charge in [-0.3, -0.25) is 9.35 Å². The van der Waals surface area contributed by atoms with Crippen LogP contribution in [-0.2, 0) is 29.7 Å². The van der Waals surface area contributed by atoms with Gasteiger partial charge >= 0.3 is 32.5 Å². The Balaban J connectivity index is 2.85. The summed E-state index contributed by atoms with van der Waals surface area (Å²) in [7, 11) is -13.5. The van der Waals surface area contributed by atoms with E-state index in [2.05, 4.69) is 0 Å². The summed E-state index contributed by atoms with van der Waals surface area (Å²) in [6.45, 7) is 0.644. The van der Waals surface area contributed by atoms with E-state index in [4.69, 9.17) is 14.4 Å². The summed E-state index contributed by atoms with van der Waals surface area (Å²) in [6.07, 6.45) is -0.193. The minimum Gasteiger partial charge on any atom is -0.465 e. The Morgan fingerprint density at radius 3 is 1.88 bits per heavy atom. The molecule has 0 radical (unpaired) electrons. The van der Waals surface area contributed by atoms with E-state index in [1.54, 1.807) is 0 Å². The van der Waals surface area contributed by atoms with Crippen molar-refractivity contribution in [1.82, 2.24) is 4.31 Å². The number of rotatable bonds is 10. The number of hydrogen-bond donors (Lipinski definition) is 2. The lowest BCUT2D eigenvalue weighted by Crippen LogP contribution is -2.63. The van der Waals surface area contributed by atoms with Crippen LogP contribution in [0.4, 0.5) is 26.3 Å². The highest BCUT2D eigenvalue weighted by molar-refractivity contribution is 7.90. The molecule has 1 heterocycles. The second kappa shape index (κ2) is 9.23. The molecule has 2 N–H and O–H groups in total. The molecule has 32 heavy (non-hydrogen) atoms. The molecule has 0 aromatic carbocycles. The van der Waals surface area contributed by atoms with E-state index >= 15 is 0 Å². The van der Waals surface area contributed by atoms with Gasteiger partial charge in [0.25, 0.3) is 10.0 Å². The number of esters is 1. The molecule has 0 bridgehead atoms. The second-order valence-electron chi connectivity index (χ2n) is 7.90. The van der Waals surface area contributed by atoms with Crippen LogP contribution in [0.5, 0.6) is 0 Å². The number of halogens is 6. The van der Waals surface area contributed by atoms with Gasteiger partial charge in [0.2, 0.25) is 0 Å². The molecule has 0 saturated carbocycles. The highest BCUT2D eigenvalue weighted by Crippen LogP contribution is 2.51. The maximum Gasteiger partial charge on any atom is 0.439 e. The molecule has 17 heteroatoms. The summed E-state index contributed by atoms with van der Waals surface area (Å²) < 4.78 is 140. The van der Waals surface area contributed by atoms with Crippen LogP contribution >= 0.6 is 0 Å². The van der Waals surface area contributed by atoms with Gasteiger partial charge in [-0.05, 0) is 39.0 Å². The van der Waals surface area contributed by atoms with E-state index in [0.717, 1.165) is 0 Å². The lowest BCUT2D eigenvalue weighted by atomic mass is 9.94. The number of carbonyl (C=O) groups excluding carboxylic acids is 1. The molecule has 0 spiro atoms. The van der Waals surface area contributed by atoms with Crippen LogP contribution in [-0.4, -0.2) is 79.5 Å². The molecule has 1 saturated heterocycles. The highest BCUT2D eigenvalue weighted by Gasteiger charge is 2.82. The SMILES string of the molecule is CC(C)(CO)C(=O)OCCC1CCN(S(=O)(=O)C(F)(F)C(F)(F)C(F)(F)S(=O)(=O)O)CC1. The standard InChI is InChI=1S/C15H23F6NO8S2/c1-12(2,9-23)11(24)30-8-5-10-3-6-22(7-4-10)31(25,26)14(18,19)13(16,17)15(20,21)32(27,28)29/h10,23H,3-9H2,1-2H3,(H,27,28,29). The zero-order chi connectivity index (χ0) is 25.4. The molecule has 1 aliphatic rings. The van der Waals surface area contributed by atoms with Gasteiger partial charge in [0.15, 0.2) is 0 Å². The van der Waals surface area contributed by atoms with Crippen LogP contribution in [0.3, 0.4) is 0 Å². The van der Waals surface area contributed by atoms with E-state index < -0.39 is 67.7 Å². The number of alkyl halides is 6. The Kier molecular flexibility index (Phi) is 8.32. The number of hydrogen-bond acceptors (Lipinski definition) is 7. The summed E-state index contributed by atoms with van der Waals surface area (Å²) >= 11 is 0. The first-order valence-electron chi connectivity index (χ1n) is 9.05. The number of carbonyl (C=O) groups is 1. The Bertz CT molecular complexity index is 899. The Hall–Kier alpha value is -1.17. The first-order chi connectivity index (χ1) is 14.2. The Morgan fingerprint density at radius 1 is 1.00 bits per heavy atom. The van der Waals surface area contributed by atoms with Gasteiger partial charge in [-0.2, -0.15) is 39.1 Å². The number of piperidine rings is 1. The van der Waals surface area contributed by atoms with Gasteiger partial charge in [0.1, 0.15) is 0 Å². The van der Waals surface area contributed by atoms with Gasteiger partial charge in [-0.25, -0.2) is 8.42 Å². The summed E-state index contributed by atoms with van der Waals surface area (Å²) in [6, 6.07) is 0. The van der Waals surface area contributed by atoms with Crippen molar-refractivity contribution in [3.63, 3.8) is 0 Å². The Labute approximate surface area is 180 Å². The normalized spacial score (nSPS) is 18.6. The average Bonchev–Trinajstić information content (AvgIpc) is 2.66. The number of aliphatic hydroxyl groups is 1. The first-order valence-corrected chi connectivity index (χ1v) is 11.9. The third kappa shape index (κ3) is 5.15. The molecule has 190 valence electrons. The van der Waals surface area contributed by atoms with E-state index in [-0.39, 0.29) is 36.1 Å². The predicted octanol–water partition coefficient (Wildman–Crippen LogP) is 1.69. The van der Waals surface area contributed by atoms with Crippen molar-refractivity contribution in [2.24, 2.45) is 11.3 Å². The quantitative estimate of drug-likeness (QED) is 0.251. The molecule has 0 aliphatic carbocycles. The zero-order valence-electron chi connectivity index (χ0n) is 16.9. The van der Waals surface area contributed by atoms with E-state index in [1.165, 1.54) is 13.8 Å². The van der Waals surface area contributed by atoms with Crippen LogP contribution < -0.4 is 0 Å². The van der Waals surface area contributed by atoms with Gasteiger partial charge in [0, 0.05) is 13.1 Å². The number of nitrogens with zero attached hydrogens (tertiary/aromatic N) is 1. The third-order valence-corrected chi connectivity index (χ3v) is 7.85. The molecule has 0 aromatic heterocycles. The second-order valence-corrected chi connectivity index (χ2v) is 11.3. The molecule has 0 atom stereocenters. The fourth-order valence-corrected chi connectivity index (χ4v) is 4.66. The maximum atomic E-state index is 14.0. The smallest absolute Gasteiger partial charge is 0.439 e. The van der Waals surface area contributed by atoms with Gasteiger partial charge in [0.05, 0.1) is 18.6 Å².